The molecule has 0 aromatic heterocycles. The van der Waals surface area contributed by atoms with Crippen LogP contribution in [0.25, 0.3) is 22.3 Å². The molecule has 0 aliphatic heterocycles. The summed E-state index contributed by atoms with van der Waals surface area (Å²) in [4.78, 5) is 4.66. The van der Waals surface area contributed by atoms with Gasteiger partial charge in [-0.1, -0.05) is 123 Å². The van der Waals surface area contributed by atoms with Crippen LogP contribution in [0.4, 0.5) is 34.1 Å². The molecule has 7 aromatic carbocycles. The van der Waals surface area contributed by atoms with E-state index in [0.717, 1.165) is 34.1 Å². The molecule has 2 heteroatoms. The lowest BCUT2D eigenvalue weighted by Crippen LogP contribution is -2.16. The zero-order valence-electron chi connectivity index (χ0n) is 26.7. The molecule has 0 radical (unpaired) electrons. The minimum Gasteiger partial charge on any atom is -0.311 e. The quantitative estimate of drug-likeness (QED) is 0.179. The average molecular weight is 605 g/mol. The first-order valence-electron chi connectivity index (χ1n) is 16.3. The second-order valence-electron chi connectivity index (χ2n) is 12.7. The fourth-order valence-corrected chi connectivity index (χ4v) is 7.06. The number of rotatable bonds is 7. The Labute approximate surface area is 277 Å². The van der Waals surface area contributed by atoms with Crippen molar-refractivity contribution < 1.29 is 0 Å². The average Bonchev–Trinajstić information content (AvgIpc) is 3.36. The molecule has 0 saturated heterocycles. The Morgan fingerprint density at radius 1 is 0.319 bits per heavy atom. The molecule has 8 rings (SSSR count). The number of anilines is 6. The van der Waals surface area contributed by atoms with Crippen LogP contribution in [0.15, 0.2) is 182 Å². The summed E-state index contributed by atoms with van der Waals surface area (Å²) < 4.78 is 0. The second kappa shape index (κ2) is 11.8. The van der Waals surface area contributed by atoms with Crippen LogP contribution in [0, 0.1) is 0 Å². The van der Waals surface area contributed by atoms with Gasteiger partial charge in [-0.3, -0.25) is 0 Å². The fourth-order valence-electron chi connectivity index (χ4n) is 7.06. The lowest BCUT2D eigenvalue weighted by Gasteiger charge is -2.28. The fraction of sp³-hybridized carbons (Fsp3) is 0.0667. The summed E-state index contributed by atoms with van der Waals surface area (Å²) in [6.45, 7) is 4.68. The van der Waals surface area contributed by atoms with E-state index < -0.39 is 0 Å². The first kappa shape index (κ1) is 28.6. The highest BCUT2D eigenvalue weighted by Gasteiger charge is 2.35. The van der Waals surface area contributed by atoms with E-state index >= 15 is 0 Å². The molecule has 1 aliphatic rings. The molecule has 7 aromatic rings. The summed E-state index contributed by atoms with van der Waals surface area (Å²) in [5, 5.41) is 0. The van der Waals surface area contributed by atoms with E-state index in [1.165, 1.54) is 33.4 Å². The maximum absolute atomic E-state index is 2.39. The van der Waals surface area contributed by atoms with Crippen molar-refractivity contribution >= 4 is 34.1 Å². The molecule has 1 aliphatic carbocycles. The first-order chi connectivity index (χ1) is 23.1. The predicted octanol–water partition coefficient (Wildman–Crippen LogP) is 12.6. The normalized spacial score (nSPS) is 12.6. The van der Waals surface area contributed by atoms with Gasteiger partial charge in [-0.05, 0) is 106 Å². The van der Waals surface area contributed by atoms with Gasteiger partial charge in [0.15, 0.2) is 0 Å². The van der Waals surface area contributed by atoms with Gasteiger partial charge >= 0.3 is 0 Å². The van der Waals surface area contributed by atoms with E-state index in [1.54, 1.807) is 0 Å². The van der Waals surface area contributed by atoms with Crippen LogP contribution in [-0.2, 0) is 5.41 Å². The van der Waals surface area contributed by atoms with Gasteiger partial charge in [0.2, 0.25) is 0 Å². The highest BCUT2D eigenvalue weighted by Crippen LogP contribution is 2.50. The van der Waals surface area contributed by atoms with E-state index in [4.69, 9.17) is 0 Å². The summed E-state index contributed by atoms with van der Waals surface area (Å²) in [5.74, 6) is 0. The maximum atomic E-state index is 2.39. The van der Waals surface area contributed by atoms with Crippen LogP contribution in [0.3, 0.4) is 0 Å². The van der Waals surface area contributed by atoms with E-state index in [9.17, 15) is 0 Å². The third kappa shape index (κ3) is 5.18. The topological polar surface area (TPSA) is 6.48 Å². The minimum atomic E-state index is -0.0586. The third-order valence-electron chi connectivity index (χ3n) is 9.45. The monoisotopic (exact) mass is 604 g/mol. The Bertz CT molecular complexity index is 2090. The van der Waals surface area contributed by atoms with Crippen molar-refractivity contribution in [3.8, 4) is 22.3 Å². The van der Waals surface area contributed by atoms with Crippen molar-refractivity contribution in [2.24, 2.45) is 0 Å². The molecule has 0 unspecified atom stereocenters. The lowest BCUT2D eigenvalue weighted by atomic mass is 9.82. The number of hydrogen-bond acceptors (Lipinski definition) is 2. The molecule has 0 heterocycles. The van der Waals surface area contributed by atoms with Crippen molar-refractivity contribution in [3.05, 3.63) is 193 Å². The van der Waals surface area contributed by atoms with E-state index in [0.29, 0.717) is 0 Å². The van der Waals surface area contributed by atoms with Gasteiger partial charge in [-0.2, -0.15) is 0 Å². The van der Waals surface area contributed by atoms with Crippen molar-refractivity contribution in [2.75, 3.05) is 9.80 Å². The largest absolute Gasteiger partial charge is 0.311 e. The second-order valence-corrected chi connectivity index (χ2v) is 12.7. The number of fused-ring (bicyclic) bond motifs is 3. The molecular formula is C45H36N2. The van der Waals surface area contributed by atoms with Gasteiger partial charge in [0.05, 0.1) is 0 Å². The van der Waals surface area contributed by atoms with Gasteiger partial charge in [0.25, 0.3) is 0 Å². The van der Waals surface area contributed by atoms with E-state index in [1.807, 2.05) is 0 Å². The van der Waals surface area contributed by atoms with Crippen LogP contribution < -0.4 is 9.80 Å². The van der Waals surface area contributed by atoms with Crippen LogP contribution in [0.1, 0.15) is 25.0 Å². The summed E-state index contributed by atoms with van der Waals surface area (Å²) in [7, 11) is 0. The molecule has 0 N–H and O–H groups in total. The standard InChI is InChI=1S/C45H36N2/c1-45(2)43-21-13-12-20-41(43)42-31-30-40(32-44(42)45)47(37-18-10-5-11-19-37)39-28-24-34(25-29-39)33-22-26-38(27-23-33)46(35-14-6-3-7-15-35)36-16-8-4-9-17-36/h3-32H,1-2H3. The van der Waals surface area contributed by atoms with Gasteiger partial charge in [0, 0.05) is 39.5 Å². The van der Waals surface area contributed by atoms with Crippen molar-refractivity contribution in [1.82, 2.24) is 0 Å². The summed E-state index contributed by atoms with van der Waals surface area (Å²) in [6, 6.07) is 65.3. The highest BCUT2D eigenvalue weighted by atomic mass is 15.1. The zero-order chi connectivity index (χ0) is 31.8. The zero-order valence-corrected chi connectivity index (χ0v) is 26.7. The number of benzene rings is 7. The Hall–Kier alpha value is -5.86. The molecular weight excluding hydrogens is 569 g/mol. The van der Waals surface area contributed by atoms with Crippen molar-refractivity contribution in [1.29, 1.82) is 0 Å². The van der Waals surface area contributed by atoms with Gasteiger partial charge in [-0.25, -0.2) is 0 Å². The number of para-hydroxylation sites is 3. The Balaban J connectivity index is 1.13. The van der Waals surface area contributed by atoms with Crippen LogP contribution in [0.5, 0.6) is 0 Å². The minimum absolute atomic E-state index is 0.0586. The molecule has 0 spiro atoms. The number of nitrogens with zero attached hydrogens (tertiary/aromatic N) is 2. The Kier molecular flexibility index (Phi) is 7.19. The Morgan fingerprint density at radius 2 is 0.681 bits per heavy atom. The smallest absolute Gasteiger partial charge is 0.0465 e. The first-order valence-corrected chi connectivity index (χ1v) is 16.3. The molecule has 0 bridgehead atoms. The number of hydrogen-bond donors (Lipinski definition) is 0. The van der Waals surface area contributed by atoms with E-state index in [2.05, 4.69) is 206 Å². The van der Waals surface area contributed by atoms with Gasteiger partial charge < -0.3 is 9.80 Å². The van der Waals surface area contributed by atoms with Crippen LogP contribution in [-0.4, -0.2) is 0 Å². The van der Waals surface area contributed by atoms with Crippen LogP contribution in [0.2, 0.25) is 0 Å². The molecule has 47 heavy (non-hydrogen) atoms. The molecule has 0 atom stereocenters. The highest BCUT2D eigenvalue weighted by molar-refractivity contribution is 5.86. The Morgan fingerprint density at radius 3 is 1.17 bits per heavy atom. The van der Waals surface area contributed by atoms with Gasteiger partial charge in [0.1, 0.15) is 0 Å². The summed E-state index contributed by atoms with van der Waals surface area (Å²) in [5.41, 5.74) is 14.6. The van der Waals surface area contributed by atoms with Crippen LogP contribution >= 0.6 is 0 Å². The van der Waals surface area contributed by atoms with Crippen molar-refractivity contribution in [3.63, 3.8) is 0 Å². The molecule has 0 saturated carbocycles. The molecule has 0 amide bonds. The third-order valence-corrected chi connectivity index (χ3v) is 9.45. The SMILES string of the molecule is CC1(C)c2ccccc2-c2ccc(N(c3ccccc3)c3ccc(-c4ccc(N(c5ccccc5)c5ccccc5)cc4)cc3)cc21. The summed E-state index contributed by atoms with van der Waals surface area (Å²) >= 11 is 0. The van der Waals surface area contributed by atoms with Crippen molar-refractivity contribution in [2.45, 2.75) is 19.3 Å². The molecule has 2 nitrogen and oxygen atoms in total. The lowest BCUT2D eigenvalue weighted by molar-refractivity contribution is 0.660. The molecule has 0 fully saturated rings. The summed E-state index contributed by atoms with van der Waals surface area (Å²) in [6.07, 6.45) is 0. The maximum Gasteiger partial charge on any atom is 0.0465 e. The predicted molar refractivity (Wildman–Crippen MR) is 199 cm³/mol. The molecule has 226 valence electrons. The van der Waals surface area contributed by atoms with Gasteiger partial charge in [-0.15, -0.1) is 0 Å². The van der Waals surface area contributed by atoms with E-state index in [-0.39, 0.29) is 5.41 Å².